The second-order valence-electron chi connectivity index (χ2n) is 29.7. The highest BCUT2D eigenvalue weighted by molar-refractivity contribution is 9.10. The Morgan fingerprint density at radius 3 is 0.629 bits per heavy atom. The van der Waals surface area contributed by atoms with Crippen LogP contribution in [0.3, 0.4) is 0 Å². The zero-order valence-corrected chi connectivity index (χ0v) is 67.0. The Kier molecular flexibility index (Phi) is 24.1. The van der Waals surface area contributed by atoms with Crippen LogP contribution < -0.4 is 49.2 Å². The summed E-state index contributed by atoms with van der Waals surface area (Å²) in [5.74, 6) is -0.0352. The van der Waals surface area contributed by atoms with E-state index < -0.39 is 0 Å². The quantitative estimate of drug-likeness (QED) is 0.0574. The van der Waals surface area contributed by atoms with E-state index in [0.717, 1.165) is 39.7 Å². The molecule has 9 aromatic carbocycles. The van der Waals surface area contributed by atoms with Crippen LogP contribution in [0.5, 0.6) is 0 Å². The number of carbonyl (C=O) groups is 2. The summed E-state index contributed by atoms with van der Waals surface area (Å²) in [6, 6.07) is 27.8. The first kappa shape index (κ1) is 76.9. The normalized spacial score (nSPS) is 11.4. The Balaban J connectivity index is 0.000000206. The van der Waals surface area contributed by atoms with Crippen molar-refractivity contribution in [2.75, 3.05) is 0 Å². The van der Waals surface area contributed by atoms with Gasteiger partial charge < -0.3 is 5.11 Å². The largest absolute Gasteiger partial charge is 0.512 e. The molecule has 0 aliphatic carbocycles. The van der Waals surface area contributed by atoms with E-state index in [-0.39, 0.29) is 31.7 Å². The number of rotatable bonds is 12. The lowest BCUT2D eigenvalue weighted by atomic mass is 9.32. The van der Waals surface area contributed by atoms with Gasteiger partial charge in [-0.1, -0.05) is 271 Å². The molecule has 1 N–H and O–H groups in total. The predicted octanol–water partition coefficient (Wildman–Crippen LogP) is 17.3. The number of aliphatic hydroxyl groups excluding tert-OH is 1. The topological polar surface area (TPSA) is 54.4 Å². The van der Waals surface area contributed by atoms with Crippen molar-refractivity contribution >= 4 is 103 Å². The molecule has 0 aromatic heterocycles. The van der Waals surface area contributed by atoms with Crippen LogP contribution in [0, 0.1) is 208 Å². The fraction of sp³-hybridized carbons (Fsp3) is 0.356. The molecule has 0 bridgehead atoms. The summed E-state index contributed by atoms with van der Waals surface area (Å²) >= 11 is 3.85. The van der Waals surface area contributed by atoms with Crippen molar-refractivity contribution in [2.24, 2.45) is 0 Å². The lowest BCUT2D eigenvalue weighted by Crippen LogP contribution is -2.58. The van der Waals surface area contributed by atoms with Gasteiger partial charge in [-0.3, -0.25) is 9.59 Å². The maximum Gasteiger partial charge on any atom is 0.243 e. The summed E-state index contributed by atoms with van der Waals surface area (Å²) < 4.78 is 1.25. The monoisotopic (exact) mass is 1350 g/mol. The zero-order valence-electron chi connectivity index (χ0n) is 65.4. The maximum atomic E-state index is 12.6. The minimum atomic E-state index is -0.111. The first-order chi connectivity index (χ1) is 45.1. The molecule has 0 unspecified atom stereocenters. The highest BCUT2D eigenvalue weighted by Crippen LogP contribution is 2.32. The van der Waals surface area contributed by atoms with Gasteiger partial charge in [0.1, 0.15) is 5.76 Å². The minimum Gasteiger partial charge on any atom is -0.512 e. The SMILES string of the molecule is CC(=O)/C(=C(/C)O)c1c(C)c(C)c(B(c2c(C)cc(C)cc2C)c2c(C)cc(C)cc2C)c(C)c1C.Cc1cc(C)c(B(c2c(C)cc(C)cc2C)c2c(C)c(C)c(Br)c(C)c2C)c(C)c1.Cc1cc(C)c(B(c2c(C)cc(C)cc2C)c2c(C)c(C)c(C=O)c(C)c2C)c(C)c1. The molecule has 9 aromatic rings. The Labute approximate surface area is 596 Å². The van der Waals surface area contributed by atoms with Crippen LogP contribution in [0.4, 0.5) is 0 Å². The molecule has 7 heteroatoms. The lowest BCUT2D eigenvalue weighted by molar-refractivity contribution is -0.111. The number of benzene rings is 9. The van der Waals surface area contributed by atoms with Gasteiger partial charge in [-0.15, -0.1) is 0 Å². The molecule has 0 saturated carbocycles. The lowest BCUT2D eigenvalue weighted by Gasteiger charge is -2.30. The maximum absolute atomic E-state index is 12.6. The van der Waals surface area contributed by atoms with Gasteiger partial charge in [0.15, 0.2) is 12.1 Å². The summed E-state index contributed by atoms with van der Waals surface area (Å²) in [5.41, 5.74) is 53.2. The molecule has 0 saturated heterocycles. The molecule has 0 radical (unpaired) electrons. The van der Waals surface area contributed by atoms with E-state index in [1.807, 2.05) is 0 Å². The third kappa shape index (κ3) is 15.0. The van der Waals surface area contributed by atoms with Gasteiger partial charge >= 0.3 is 0 Å². The molecule has 504 valence electrons. The zero-order chi connectivity index (χ0) is 72.9. The molecule has 0 heterocycles. The van der Waals surface area contributed by atoms with Crippen LogP contribution >= 0.6 is 15.9 Å². The van der Waals surface area contributed by atoms with E-state index in [2.05, 4.69) is 296 Å². The fourth-order valence-corrected chi connectivity index (χ4v) is 18.2. The van der Waals surface area contributed by atoms with Crippen molar-refractivity contribution in [2.45, 2.75) is 222 Å². The third-order valence-electron chi connectivity index (χ3n) is 22.1. The van der Waals surface area contributed by atoms with Gasteiger partial charge in [0.25, 0.3) is 0 Å². The van der Waals surface area contributed by atoms with E-state index in [1.54, 1.807) is 6.92 Å². The fourth-order valence-electron chi connectivity index (χ4n) is 17.6. The predicted molar refractivity (Wildman–Crippen MR) is 433 cm³/mol. The average Bonchev–Trinajstić information content (AvgIpc) is 0.753. The smallest absolute Gasteiger partial charge is 0.243 e. The first-order valence-electron chi connectivity index (χ1n) is 34.9. The highest BCUT2D eigenvalue weighted by atomic mass is 79.9. The Morgan fingerprint density at radius 2 is 0.464 bits per heavy atom. The van der Waals surface area contributed by atoms with E-state index >= 15 is 0 Å². The first-order valence-corrected chi connectivity index (χ1v) is 35.7. The van der Waals surface area contributed by atoms with Crippen LogP contribution in [0.25, 0.3) is 5.57 Å². The molecule has 9 rings (SSSR count). The number of hydrogen-bond acceptors (Lipinski definition) is 3. The number of aldehydes is 1. The molecule has 97 heavy (non-hydrogen) atoms. The van der Waals surface area contributed by atoms with Crippen LogP contribution in [0.15, 0.2) is 83.0 Å². The highest BCUT2D eigenvalue weighted by Gasteiger charge is 2.37. The van der Waals surface area contributed by atoms with Gasteiger partial charge in [0.05, 0.1) is 5.57 Å². The number of hydrogen-bond donors (Lipinski definition) is 1. The number of aryl methyl sites for hydroxylation is 18. The van der Waals surface area contributed by atoms with Crippen LogP contribution in [0.1, 0.15) is 197 Å². The molecule has 3 nitrogen and oxygen atoms in total. The molecule has 0 aliphatic heterocycles. The van der Waals surface area contributed by atoms with Crippen LogP contribution in [-0.4, -0.2) is 37.3 Å². The Bertz CT molecular complexity index is 4320. The van der Waals surface area contributed by atoms with Crippen molar-refractivity contribution in [1.29, 1.82) is 0 Å². The number of aliphatic hydroxyl groups is 1. The Hall–Kier alpha value is -7.47. The van der Waals surface area contributed by atoms with Crippen LogP contribution in [0.2, 0.25) is 0 Å². The standard InChI is InChI=1S/C33H41BO2.C29H35BO.C28H34BBr/c1-17-13-19(3)31(20(4)14-17)34(32-21(5)15-18(2)16-22(32)6)33-25(9)23(7)29(24(8)26(33)10)30(27(11)35)28(12)36;1-16-11-18(3)27(19(4)12-16)30(28-20(5)13-17(2)14-21(28)6)29-24(9)22(7)26(15-31)23(8)25(29)10;1-15-11-17(3)25(18(4)12-15)29(26-19(5)13-16(2)14-20(26)6)27-21(7)23(9)28(30)24(10)22(27)8/h13-16,35H,1-12H3;11-15H,1-10H3;11-14H,1-10H3/b30-27+;;. The second-order valence-corrected chi connectivity index (χ2v) is 30.4. The van der Waals surface area contributed by atoms with E-state index in [1.165, 1.54) is 205 Å². The number of Topliss-reactive ketones (excluding diaryl/α,β-unsaturated/α-hetero) is 1. The number of ketones is 1. The number of carbonyl (C=O) groups excluding carboxylic acids is 2. The van der Waals surface area contributed by atoms with Crippen LogP contribution in [-0.2, 0) is 4.79 Å². The van der Waals surface area contributed by atoms with Crippen molar-refractivity contribution in [1.82, 2.24) is 0 Å². The van der Waals surface area contributed by atoms with Gasteiger partial charge in [0.2, 0.25) is 20.1 Å². The minimum absolute atomic E-state index is 0.0673. The van der Waals surface area contributed by atoms with Crippen molar-refractivity contribution < 1.29 is 14.7 Å². The average molecular weight is 1350 g/mol. The second kappa shape index (κ2) is 30.3. The molecular formula is C90H110B3BrO3. The molecule has 0 atom stereocenters. The Morgan fingerprint density at radius 1 is 0.289 bits per heavy atom. The summed E-state index contributed by atoms with van der Waals surface area (Å²) in [4.78, 5) is 24.5. The van der Waals surface area contributed by atoms with Gasteiger partial charge in [-0.2, -0.15) is 0 Å². The van der Waals surface area contributed by atoms with Gasteiger partial charge in [-0.05, 0) is 261 Å². The van der Waals surface area contributed by atoms with E-state index in [4.69, 9.17) is 0 Å². The molecule has 0 amide bonds. The van der Waals surface area contributed by atoms with Gasteiger partial charge in [0, 0.05) is 10.0 Å². The summed E-state index contributed by atoms with van der Waals surface area (Å²) in [6.07, 6.45) is 1.02. The third-order valence-corrected chi connectivity index (χ3v) is 23.3. The van der Waals surface area contributed by atoms with E-state index in [9.17, 15) is 14.7 Å². The van der Waals surface area contributed by atoms with E-state index in [0.29, 0.717) is 5.57 Å². The molecule has 0 spiro atoms. The summed E-state index contributed by atoms with van der Waals surface area (Å²) in [6.45, 7) is 69.8. The summed E-state index contributed by atoms with van der Waals surface area (Å²) in [7, 11) is 0. The molecular weight excluding hydrogens is 1240 g/mol. The number of allylic oxidation sites excluding steroid dienone is 2. The summed E-state index contributed by atoms with van der Waals surface area (Å²) in [5, 5.41) is 10.5. The van der Waals surface area contributed by atoms with Crippen molar-refractivity contribution in [3.8, 4) is 0 Å². The van der Waals surface area contributed by atoms with Crippen molar-refractivity contribution in [3.63, 3.8) is 0 Å². The molecule has 0 aliphatic rings. The van der Waals surface area contributed by atoms with Crippen molar-refractivity contribution in [3.05, 3.63) is 261 Å². The molecule has 0 fully saturated rings. The van der Waals surface area contributed by atoms with Gasteiger partial charge in [-0.25, -0.2) is 0 Å². The number of halogens is 1.